The molecule has 1 aliphatic carbocycles. The van der Waals surface area contributed by atoms with E-state index in [1.165, 1.54) is 5.57 Å². The van der Waals surface area contributed by atoms with E-state index < -0.39 is 0 Å². The molecule has 0 spiro atoms. The van der Waals surface area contributed by atoms with Gasteiger partial charge in [-0.25, -0.2) is 0 Å². The van der Waals surface area contributed by atoms with Gasteiger partial charge in [0.2, 0.25) is 0 Å². The molecular weight excluding hydrogens is 204 g/mol. The maximum absolute atomic E-state index is 9.42. The molecule has 0 amide bonds. The quantitative estimate of drug-likeness (QED) is 0.618. The Balaban J connectivity index is 3.01. The minimum absolute atomic E-state index is 0.387. The number of allylic oxidation sites excluding steroid dienone is 3. The van der Waals surface area contributed by atoms with Gasteiger partial charge < -0.3 is 5.11 Å². The summed E-state index contributed by atoms with van der Waals surface area (Å²) in [5.74, 6) is 0.839. The fraction of sp³-hybridized carbons (Fsp3) is 0.556. The van der Waals surface area contributed by atoms with Crippen LogP contribution in [-0.4, -0.2) is 9.93 Å². The fourth-order valence-corrected chi connectivity index (χ4v) is 1.78. The van der Waals surface area contributed by atoms with E-state index in [9.17, 15) is 5.11 Å². The molecule has 2 atom stereocenters. The van der Waals surface area contributed by atoms with E-state index in [1.54, 1.807) is 0 Å². The van der Waals surface area contributed by atoms with Crippen LogP contribution in [0.4, 0.5) is 0 Å². The molecule has 2 heteroatoms. The standard InChI is InChI=1S/C9H13BrO/c1-5-4-8(11)6(2)7(3)9(5)10/h4,7,9,11H,1-3H3. The first-order valence-corrected chi connectivity index (χ1v) is 4.67. The van der Waals surface area contributed by atoms with Crippen molar-refractivity contribution in [3.8, 4) is 0 Å². The Morgan fingerprint density at radius 1 is 1.45 bits per heavy atom. The van der Waals surface area contributed by atoms with Crippen molar-refractivity contribution in [3.63, 3.8) is 0 Å². The number of halogens is 1. The Morgan fingerprint density at radius 2 is 2.00 bits per heavy atom. The summed E-state index contributed by atoms with van der Waals surface area (Å²) in [5, 5.41) is 9.42. The first-order chi connectivity index (χ1) is 5.04. The summed E-state index contributed by atoms with van der Waals surface area (Å²) in [6, 6.07) is 0. The molecule has 62 valence electrons. The van der Waals surface area contributed by atoms with Gasteiger partial charge in [-0.2, -0.15) is 0 Å². The zero-order chi connectivity index (χ0) is 8.59. The molecule has 0 saturated heterocycles. The number of aliphatic hydroxyl groups excluding tert-OH is 1. The van der Waals surface area contributed by atoms with E-state index in [0.717, 1.165) is 5.57 Å². The summed E-state index contributed by atoms with van der Waals surface area (Å²) in [6.45, 7) is 6.11. The van der Waals surface area contributed by atoms with E-state index >= 15 is 0 Å². The Bertz CT molecular complexity index is 228. The topological polar surface area (TPSA) is 20.2 Å². The van der Waals surface area contributed by atoms with Crippen LogP contribution in [0.25, 0.3) is 0 Å². The number of aliphatic hydroxyl groups is 1. The third kappa shape index (κ3) is 1.51. The second-order valence-corrected chi connectivity index (χ2v) is 4.13. The van der Waals surface area contributed by atoms with Crippen LogP contribution in [0.3, 0.4) is 0 Å². The molecule has 0 aliphatic heterocycles. The van der Waals surface area contributed by atoms with E-state index in [1.807, 2.05) is 19.9 Å². The molecule has 0 saturated carbocycles. The van der Waals surface area contributed by atoms with Crippen LogP contribution >= 0.6 is 15.9 Å². The molecule has 0 aromatic rings. The lowest BCUT2D eigenvalue weighted by atomic mass is 9.89. The molecule has 1 rings (SSSR count). The SMILES string of the molecule is CC1=CC(O)=C(C)C(C)C1Br. The lowest BCUT2D eigenvalue weighted by Gasteiger charge is -2.24. The summed E-state index contributed by atoms with van der Waals surface area (Å²) < 4.78 is 0. The Hall–Kier alpha value is -0.240. The predicted molar refractivity (Wildman–Crippen MR) is 51.0 cm³/mol. The van der Waals surface area contributed by atoms with Gasteiger partial charge in [0.1, 0.15) is 5.76 Å². The van der Waals surface area contributed by atoms with Gasteiger partial charge in [-0.15, -0.1) is 0 Å². The third-order valence-electron chi connectivity index (χ3n) is 2.33. The normalized spacial score (nSPS) is 32.2. The van der Waals surface area contributed by atoms with Crippen LogP contribution in [0.15, 0.2) is 23.0 Å². The molecule has 1 nitrogen and oxygen atoms in total. The van der Waals surface area contributed by atoms with Gasteiger partial charge in [0.05, 0.1) is 0 Å². The van der Waals surface area contributed by atoms with Crippen LogP contribution in [0.2, 0.25) is 0 Å². The predicted octanol–water partition coefficient (Wildman–Crippen LogP) is 3.18. The summed E-state index contributed by atoms with van der Waals surface area (Å²) >= 11 is 3.57. The molecule has 0 fully saturated rings. The van der Waals surface area contributed by atoms with Crippen LogP contribution in [0.5, 0.6) is 0 Å². The molecule has 1 aliphatic rings. The molecule has 0 bridgehead atoms. The van der Waals surface area contributed by atoms with Crippen molar-refractivity contribution in [1.29, 1.82) is 0 Å². The second kappa shape index (κ2) is 3.02. The van der Waals surface area contributed by atoms with Gasteiger partial charge in [0.15, 0.2) is 0 Å². The average molecular weight is 217 g/mol. The van der Waals surface area contributed by atoms with Gasteiger partial charge in [0, 0.05) is 4.83 Å². The highest BCUT2D eigenvalue weighted by Crippen LogP contribution is 2.32. The highest BCUT2D eigenvalue weighted by Gasteiger charge is 2.23. The third-order valence-corrected chi connectivity index (χ3v) is 3.84. The number of hydrogen-bond donors (Lipinski definition) is 1. The summed E-state index contributed by atoms with van der Waals surface area (Å²) in [7, 11) is 0. The molecule has 2 unspecified atom stereocenters. The van der Waals surface area contributed by atoms with E-state index in [0.29, 0.717) is 16.5 Å². The van der Waals surface area contributed by atoms with Crippen LogP contribution < -0.4 is 0 Å². The lowest BCUT2D eigenvalue weighted by Crippen LogP contribution is -2.18. The summed E-state index contributed by atoms with van der Waals surface area (Å²) in [6.07, 6.45) is 1.83. The van der Waals surface area contributed by atoms with Gasteiger partial charge in [-0.3, -0.25) is 0 Å². The van der Waals surface area contributed by atoms with Crippen molar-refractivity contribution in [2.45, 2.75) is 25.6 Å². The maximum Gasteiger partial charge on any atom is 0.114 e. The van der Waals surface area contributed by atoms with Crippen molar-refractivity contribution in [1.82, 2.24) is 0 Å². The Labute approximate surface area is 75.9 Å². The molecule has 0 aromatic heterocycles. The van der Waals surface area contributed by atoms with E-state index in [-0.39, 0.29) is 0 Å². The van der Waals surface area contributed by atoms with Crippen molar-refractivity contribution < 1.29 is 5.11 Å². The van der Waals surface area contributed by atoms with E-state index in [4.69, 9.17) is 0 Å². The number of rotatable bonds is 0. The molecule has 0 aromatic carbocycles. The van der Waals surface area contributed by atoms with Crippen molar-refractivity contribution in [2.75, 3.05) is 0 Å². The van der Waals surface area contributed by atoms with Crippen molar-refractivity contribution in [3.05, 3.63) is 23.0 Å². The highest BCUT2D eigenvalue weighted by molar-refractivity contribution is 9.09. The van der Waals surface area contributed by atoms with Crippen LogP contribution in [0, 0.1) is 5.92 Å². The number of hydrogen-bond acceptors (Lipinski definition) is 1. The van der Waals surface area contributed by atoms with Crippen LogP contribution in [-0.2, 0) is 0 Å². The lowest BCUT2D eigenvalue weighted by molar-refractivity contribution is 0.408. The molecule has 1 N–H and O–H groups in total. The van der Waals surface area contributed by atoms with Gasteiger partial charge in [0.25, 0.3) is 0 Å². The van der Waals surface area contributed by atoms with Gasteiger partial charge >= 0.3 is 0 Å². The summed E-state index contributed by atoms with van der Waals surface area (Å²) in [5.41, 5.74) is 2.26. The Kier molecular flexibility index (Phi) is 2.43. The fourth-order valence-electron chi connectivity index (χ4n) is 1.26. The molecular formula is C9H13BrO. The summed E-state index contributed by atoms with van der Waals surface area (Å²) in [4.78, 5) is 0.387. The smallest absolute Gasteiger partial charge is 0.114 e. The largest absolute Gasteiger partial charge is 0.508 e. The zero-order valence-corrected chi connectivity index (χ0v) is 8.64. The van der Waals surface area contributed by atoms with Crippen molar-refractivity contribution in [2.24, 2.45) is 5.92 Å². The van der Waals surface area contributed by atoms with Crippen LogP contribution in [0.1, 0.15) is 20.8 Å². The maximum atomic E-state index is 9.42. The second-order valence-electron chi connectivity index (χ2n) is 3.15. The highest BCUT2D eigenvalue weighted by atomic mass is 79.9. The first-order valence-electron chi connectivity index (χ1n) is 3.76. The van der Waals surface area contributed by atoms with Gasteiger partial charge in [-0.1, -0.05) is 28.4 Å². The van der Waals surface area contributed by atoms with Crippen molar-refractivity contribution >= 4 is 15.9 Å². The average Bonchev–Trinajstić information content (AvgIpc) is 1.97. The molecule has 0 radical (unpaired) electrons. The zero-order valence-electron chi connectivity index (χ0n) is 7.06. The monoisotopic (exact) mass is 216 g/mol. The number of alkyl halides is 1. The Morgan fingerprint density at radius 3 is 2.55 bits per heavy atom. The minimum Gasteiger partial charge on any atom is -0.508 e. The van der Waals surface area contributed by atoms with E-state index in [2.05, 4.69) is 22.9 Å². The minimum atomic E-state index is 0.387. The first kappa shape index (κ1) is 8.85. The van der Waals surface area contributed by atoms with Gasteiger partial charge in [-0.05, 0) is 31.4 Å². The molecule has 11 heavy (non-hydrogen) atoms. The molecule has 0 heterocycles.